The van der Waals surface area contributed by atoms with Crippen LogP contribution < -0.4 is 14.4 Å². The monoisotopic (exact) mass is 1100 g/mol. The first-order valence-electron chi connectivity index (χ1n) is 26.8. The van der Waals surface area contributed by atoms with Crippen molar-refractivity contribution in [3.63, 3.8) is 0 Å². The second-order valence-electron chi connectivity index (χ2n) is 19.3. The fourth-order valence-electron chi connectivity index (χ4n) is 9.74. The van der Waals surface area contributed by atoms with Crippen LogP contribution in [0.25, 0.3) is 58.2 Å². The summed E-state index contributed by atoms with van der Waals surface area (Å²) in [5.41, 5.74) is 6.65. The molecule has 1 aliphatic rings. The minimum Gasteiger partial charge on any atom is -0.494 e. The van der Waals surface area contributed by atoms with Gasteiger partial charge in [0.25, 0.3) is 11.8 Å². The molecule has 396 valence electrons. The van der Waals surface area contributed by atoms with E-state index in [0.717, 1.165) is 122 Å². The van der Waals surface area contributed by atoms with Crippen molar-refractivity contribution in [1.82, 2.24) is 13.6 Å². The largest absolute Gasteiger partial charge is 0.494 e. The van der Waals surface area contributed by atoms with Crippen LogP contribution >= 0.6 is 45.7 Å². The van der Waals surface area contributed by atoms with E-state index >= 15 is 9.59 Å². The van der Waals surface area contributed by atoms with Crippen LogP contribution in [0.2, 0.25) is 0 Å². The van der Waals surface area contributed by atoms with E-state index in [0.29, 0.717) is 57.9 Å². The number of anilines is 3. The van der Waals surface area contributed by atoms with Crippen molar-refractivity contribution in [2.75, 3.05) is 24.7 Å². The summed E-state index contributed by atoms with van der Waals surface area (Å²) in [6.07, 6.45) is 14.3. The molecule has 15 heteroatoms. The van der Waals surface area contributed by atoms with Gasteiger partial charge in [0, 0.05) is 64.0 Å². The number of unbranched alkanes of at least 4 members (excludes halogenated alkanes) is 7. The Bertz CT molecular complexity index is 3340. The zero-order valence-corrected chi connectivity index (χ0v) is 47.3. The lowest BCUT2D eigenvalue weighted by Gasteiger charge is -2.26. The van der Waals surface area contributed by atoms with Crippen molar-refractivity contribution in [3.8, 4) is 58.6 Å². The number of hydrogen-bond donors (Lipinski definition) is 1. The molecule has 4 aromatic heterocycles. The molecule has 1 unspecified atom stereocenters. The van der Waals surface area contributed by atoms with Crippen molar-refractivity contribution in [3.05, 3.63) is 131 Å². The van der Waals surface area contributed by atoms with Crippen LogP contribution in [-0.4, -0.2) is 56.3 Å². The minimum absolute atomic E-state index is 0.156. The minimum atomic E-state index is -1.28. The molecule has 0 aliphatic carbocycles. The Labute approximate surface area is 467 Å². The molecule has 0 spiro atoms. The summed E-state index contributed by atoms with van der Waals surface area (Å²) in [7, 11) is 0. The molecular formula is C62H63N5O6S4. The van der Waals surface area contributed by atoms with Gasteiger partial charge in [-0.15, -0.1) is 34.0 Å². The molecule has 5 heterocycles. The number of carbonyl (C=O) groups is 3. The Balaban J connectivity index is 1.06. The second kappa shape index (κ2) is 25.9. The van der Waals surface area contributed by atoms with Crippen LogP contribution in [0.3, 0.4) is 0 Å². The number of aromatic nitrogens is 2. The molecule has 8 aromatic rings. The van der Waals surface area contributed by atoms with Crippen LogP contribution in [0.1, 0.15) is 130 Å². The van der Waals surface area contributed by atoms with Crippen LogP contribution in [0, 0.1) is 17.2 Å². The first-order chi connectivity index (χ1) is 37.6. The smallest absolute Gasteiger partial charge is 0.346 e. The van der Waals surface area contributed by atoms with E-state index in [9.17, 15) is 15.2 Å². The van der Waals surface area contributed by atoms with Crippen molar-refractivity contribution in [2.24, 2.45) is 5.92 Å². The van der Waals surface area contributed by atoms with Gasteiger partial charge in [-0.05, 0) is 134 Å². The van der Waals surface area contributed by atoms with Crippen molar-refractivity contribution >= 4 is 97.7 Å². The van der Waals surface area contributed by atoms with E-state index in [4.69, 9.17) is 18.2 Å². The Kier molecular flexibility index (Phi) is 18.5. The SMILES string of the molecule is CCCCCCOc1ccc(N(c2ccc(OCCCCCC)cc2)c2ccc(-c3ccc(-c4c5c(c(-c6ccc(-c7ccc(/C=C(/C#N)C(=O)O)s7)s6)c6nsnc46)C(=O)N(CC(CC)CCCC)C5=O)s3)cc2)cc1. The van der Waals surface area contributed by atoms with E-state index in [-0.39, 0.29) is 23.3 Å². The molecule has 0 radical (unpaired) electrons. The van der Waals surface area contributed by atoms with Crippen molar-refractivity contribution in [1.29, 1.82) is 5.26 Å². The summed E-state index contributed by atoms with van der Waals surface area (Å²) in [5, 5.41) is 18.8. The van der Waals surface area contributed by atoms with Crippen molar-refractivity contribution < 1.29 is 29.0 Å². The molecule has 0 saturated carbocycles. The molecule has 1 aliphatic heterocycles. The molecule has 11 nitrogen and oxygen atoms in total. The first kappa shape index (κ1) is 54.8. The summed E-state index contributed by atoms with van der Waals surface area (Å²) in [5.74, 6) is -0.0804. The molecule has 0 saturated heterocycles. The highest BCUT2D eigenvalue weighted by Gasteiger charge is 2.43. The van der Waals surface area contributed by atoms with Gasteiger partial charge >= 0.3 is 5.97 Å². The van der Waals surface area contributed by atoms with Gasteiger partial charge in [-0.2, -0.15) is 14.0 Å². The van der Waals surface area contributed by atoms with Crippen LogP contribution in [0.15, 0.2) is 115 Å². The third kappa shape index (κ3) is 12.4. The van der Waals surface area contributed by atoms with E-state index in [1.165, 1.54) is 59.3 Å². The van der Waals surface area contributed by atoms with E-state index in [2.05, 4.69) is 87.2 Å². The van der Waals surface area contributed by atoms with E-state index in [1.54, 1.807) is 23.5 Å². The number of carbonyl (C=O) groups excluding carboxylic acids is 2. The fourth-order valence-corrected chi connectivity index (χ4v) is 13.5. The lowest BCUT2D eigenvalue weighted by molar-refractivity contribution is -0.132. The first-order valence-corrected chi connectivity index (χ1v) is 30.0. The number of fused-ring (bicyclic) bond motifs is 2. The predicted molar refractivity (Wildman–Crippen MR) is 317 cm³/mol. The fraction of sp³-hybridized carbons (Fsp3) is 0.323. The lowest BCUT2D eigenvalue weighted by Crippen LogP contribution is -2.34. The van der Waals surface area contributed by atoms with Gasteiger partial charge < -0.3 is 19.5 Å². The maximum Gasteiger partial charge on any atom is 0.346 e. The molecule has 0 bridgehead atoms. The van der Waals surface area contributed by atoms with Crippen LogP contribution in [0.4, 0.5) is 17.1 Å². The van der Waals surface area contributed by atoms with Gasteiger partial charge in [0.05, 0.1) is 36.1 Å². The number of rotatable bonds is 27. The zero-order chi connectivity index (χ0) is 53.8. The number of nitriles is 1. The maximum absolute atomic E-state index is 15.1. The standard InChI is InChI=1S/C62H63N5O6S4/c1-5-9-12-14-35-72-46-25-21-44(22-26-46)67(45-23-27-47(28-24-45)73-36-15-13-10-6-2)43-19-17-41(18-20-43)49-31-33-52(75-49)54-56-57(61(69)66(60(56)68)39-40(8-4)16-11-7-3)55(59-58(54)64-77-65-59)53-34-32-51(76-53)50-30-29-48(74-50)37-42(38-63)62(70)71/h17-34,37,40H,5-16,35-36,39H2,1-4H3,(H,70,71)/b42-37-. The molecule has 1 atom stereocenters. The van der Waals surface area contributed by atoms with Gasteiger partial charge in [-0.25, -0.2) is 4.79 Å². The van der Waals surface area contributed by atoms with Crippen LogP contribution in [0.5, 0.6) is 11.5 Å². The predicted octanol–water partition coefficient (Wildman–Crippen LogP) is 17.7. The Morgan fingerprint density at radius 2 is 1.09 bits per heavy atom. The highest BCUT2D eigenvalue weighted by atomic mass is 32.1. The Morgan fingerprint density at radius 3 is 1.60 bits per heavy atom. The normalized spacial score (nSPS) is 12.8. The number of nitrogens with zero attached hydrogens (tertiary/aromatic N) is 5. The summed E-state index contributed by atoms with van der Waals surface area (Å²) in [6.45, 7) is 10.4. The average Bonchev–Trinajstić information content (AvgIpc) is 4.46. The molecule has 9 rings (SSSR count). The lowest BCUT2D eigenvalue weighted by atomic mass is 9.93. The van der Waals surface area contributed by atoms with E-state index < -0.39 is 5.97 Å². The highest BCUT2D eigenvalue weighted by Crippen LogP contribution is 2.50. The molecule has 0 fully saturated rings. The number of benzene rings is 4. The molecule has 4 aromatic carbocycles. The van der Waals surface area contributed by atoms with Gasteiger partial charge in [0.2, 0.25) is 0 Å². The van der Waals surface area contributed by atoms with Gasteiger partial charge in [-0.1, -0.05) is 97.6 Å². The summed E-state index contributed by atoms with van der Waals surface area (Å²) < 4.78 is 22.0. The third-order valence-corrected chi connectivity index (χ3v) is 18.0. The topological polar surface area (TPSA) is 146 Å². The number of thiophene rings is 3. The molecule has 2 amide bonds. The number of carboxylic acid groups (broad SMARTS) is 1. The van der Waals surface area contributed by atoms with Crippen LogP contribution in [-0.2, 0) is 4.79 Å². The number of carboxylic acids is 1. The molecule has 1 N–H and O–H groups in total. The quantitative estimate of drug-likeness (QED) is 0.0228. The molecular weight excluding hydrogens is 1040 g/mol. The van der Waals surface area contributed by atoms with E-state index in [1.807, 2.05) is 48.5 Å². The number of hydrogen-bond acceptors (Lipinski definition) is 13. The van der Waals surface area contributed by atoms with Gasteiger partial charge in [-0.3, -0.25) is 14.5 Å². The third-order valence-electron chi connectivity index (χ3n) is 14.0. The number of amides is 2. The maximum atomic E-state index is 15.1. The zero-order valence-electron chi connectivity index (χ0n) is 44.0. The second-order valence-corrected chi connectivity index (χ2v) is 23.1. The highest BCUT2D eigenvalue weighted by molar-refractivity contribution is 7.24. The van der Waals surface area contributed by atoms with Crippen molar-refractivity contribution in [2.45, 2.75) is 105 Å². The van der Waals surface area contributed by atoms with Gasteiger partial charge in [0.1, 0.15) is 34.2 Å². The Morgan fingerprint density at radius 1 is 0.610 bits per heavy atom. The Hall–Kier alpha value is -6.96. The number of imide groups is 1. The molecule has 77 heavy (non-hydrogen) atoms. The summed E-state index contributed by atoms with van der Waals surface area (Å²) in [6, 6.07) is 38.5. The number of ether oxygens (including phenoxy) is 2. The summed E-state index contributed by atoms with van der Waals surface area (Å²) >= 11 is 5.45. The van der Waals surface area contributed by atoms with Gasteiger partial charge in [0.15, 0.2) is 0 Å². The number of aliphatic carboxylic acids is 1. The summed E-state index contributed by atoms with van der Waals surface area (Å²) in [4.78, 5) is 50.3. The average molecular weight is 1100 g/mol.